The summed E-state index contributed by atoms with van der Waals surface area (Å²) in [5.41, 5.74) is 5.06. The lowest BCUT2D eigenvalue weighted by Gasteiger charge is -2.07. The van der Waals surface area contributed by atoms with E-state index in [-0.39, 0.29) is 0 Å². The Labute approximate surface area is 110 Å². The van der Waals surface area contributed by atoms with Crippen LogP contribution in [0.1, 0.15) is 25.3 Å². The fraction of sp³-hybridized carbons (Fsp3) is 0.294. The van der Waals surface area contributed by atoms with Crippen molar-refractivity contribution in [2.45, 2.75) is 26.7 Å². The summed E-state index contributed by atoms with van der Waals surface area (Å²) >= 11 is 0. The fourth-order valence-corrected chi connectivity index (χ4v) is 1.94. The van der Waals surface area contributed by atoms with Crippen molar-refractivity contribution in [2.24, 2.45) is 0 Å². The summed E-state index contributed by atoms with van der Waals surface area (Å²) in [6.45, 7) is 5.38. The van der Waals surface area contributed by atoms with Gasteiger partial charge in [0, 0.05) is 12.2 Å². The van der Waals surface area contributed by atoms with Gasteiger partial charge in [0.05, 0.1) is 0 Å². The van der Waals surface area contributed by atoms with Gasteiger partial charge in [0.1, 0.15) is 0 Å². The lowest BCUT2D eigenvalue weighted by molar-refractivity contribution is 0.834. The van der Waals surface area contributed by atoms with Gasteiger partial charge in [-0.05, 0) is 36.6 Å². The number of aryl methyl sites for hydroxylation is 1. The summed E-state index contributed by atoms with van der Waals surface area (Å²) in [7, 11) is 0. The Balaban J connectivity index is 2.05. The first kappa shape index (κ1) is 12.7. The van der Waals surface area contributed by atoms with E-state index in [9.17, 15) is 0 Å². The number of hydrogen-bond donors (Lipinski definition) is 1. The standard InChI is InChI=1S/C17H21N/c1-3-4-13-18-17-11-9-16(10-12-17)15-7-5-14(2)6-8-15/h5-12,18H,3-4,13H2,1-2H3. The van der Waals surface area contributed by atoms with Gasteiger partial charge >= 0.3 is 0 Å². The van der Waals surface area contributed by atoms with E-state index in [4.69, 9.17) is 0 Å². The molecular weight excluding hydrogens is 218 g/mol. The molecular formula is C17H21N. The molecule has 0 spiro atoms. The van der Waals surface area contributed by atoms with Crippen LogP contribution in [-0.2, 0) is 0 Å². The quantitative estimate of drug-likeness (QED) is 0.734. The van der Waals surface area contributed by atoms with E-state index in [1.807, 2.05) is 0 Å². The highest BCUT2D eigenvalue weighted by molar-refractivity contribution is 5.66. The lowest BCUT2D eigenvalue weighted by Crippen LogP contribution is -2.00. The topological polar surface area (TPSA) is 12.0 Å². The molecule has 0 radical (unpaired) electrons. The van der Waals surface area contributed by atoms with Gasteiger partial charge in [0.25, 0.3) is 0 Å². The van der Waals surface area contributed by atoms with E-state index >= 15 is 0 Å². The smallest absolute Gasteiger partial charge is 0.0340 e. The molecule has 1 nitrogen and oxygen atoms in total. The molecule has 1 heteroatoms. The summed E-state index contributed by atoms with van der Waals surface area (Å²) in [6.07, 6.45) is 2.45. The van der Waals surface area contributed by atoms with E-state index in [1.165, 1.54) is 35.2 Å². The van der Waals surface area contributed by atoms with Crippen LogP contribution >= 0.6 is 0 Å². The van der Waals surface area contributed by atoms with Crippen LogP contribution in [0.2, 0.25) is 0 Å². The molecule has 94 valence electrons. The van der Waals surface area contributed by atoms with Gasteiger partial charge in [-0.1, -0.05) is 55.3 Å². The highest BCUT2D eigenvalue weighted by atomic mass is 14.9. The van der Waals surface area contributed by atoms with Crippen molar-refractivity contribution in [2.75, 3.05) is 11.9 Å². The molecule has 0 unspecified atom stereocenters. The average Bonchev–Trinajstić information content (AvgIpc) is 2.41. The maximum atomic E-state index is 3.43. The predicted octanol–water partition coefficient (Wildman–Crippen LogP) is 4.87. The van der Waals surface area contributed by atoms with E-state index in [0.29, 0.717) is 0 Å². The van der Waals surface area contributed by atoms with Gasteiger partial charge in [-0.15, -0.1) is 0 Å². The molecule has 0 amide bonds. The van der Waals surface area contributed by atoms with Crippen LogP contribution < -0.4 is 5.32 Å². The minimum atomic E-state index is 1.06. The van der Waals surface area contributed by atoms with Gasteiger partial charge < -0.3 is 5.32 Å². The van der Waals surface area contributed by atoms with Crippen LogP contribution in [0.3, 0.4) is 0 Å². The Morgan fingerprint density at radius 1 is 0.833 bits per heavy atom. The molecule has 0 bridgehead atoms. The molecule has 0 saturated carbocycles. The van der Waals surface area contributed by atoms with Gasteiger partial charge in [0.15, 0.2) is 0 Å². The third kappa shape index (κ3) is 3.36. The van der Waals surface area contributed by atoms with E-state index < -0.39 is 0 Å². The van der Waals surface area contributed by atoms with Crippen LogP contribution in [0.4, 0.5) is 5.69 Å². The zero-order chi connectivity index (χ0) is 12.8. The van der Waals surface area contributed by atoms with E-state index in [1.54, 1.807) is 0 Å². The van der Waals surface area contributed by atoms with Gasteiger partial charge in [0.2, 0.25) is 0 Å². The van der Waals surface area contributed by atoms with Crippen LogP contribution in [0.5, 0.6) is 0 Å². The van der Waals surface area contributed by atoms with Crippen molar-refractivity contribution in [1.82, 2.24) is 0 Å². The van der Waals surface area contributed by atoms with Gasteiger partial charge in [-0.2, -0.15) is 0 Å². The second-order valence-electron chi connectivity index (χ2n) is 4.72. The average molecular weight is 239 g/mol. The Kier molecular flexibility index (Phi) is 4.40. The molecule has 18 heavy (non-hydrogen) atoms. The second kappa shape index (κ2) is 6.25. The summed E-state index contributed by atoms with van der Waals surface area (Å²) in [6, 6.07) is 17.3. The highest BCUT2D eigenvalue weighted by Crippen LogP contribution is 2.21. The largest absolute Gasteiger partial charge is 0.385 e. The molecule has 0 aliphatic heterocycles. The fourth-order valence-electron chi connectivity index (χ4n) is 1.94. The summed E-state index contributed by atoms with van der Waals surface area (Å²) in [4.78, 5) is 0. The third-order valence-electron chi connectivity index (χ3n) is 3.13. The Bertz CT molecular complexity index is 468. The Morgan fingerprint density at radius 3 is 1.94 bits per heavy atom. The molecule has 0 heterocycles. The first-order valence-electron chi connectivity index (χ1n) is 6.70. The zero-order valence-corrected chi connectivity index (χ0v) is 11.2. The number of hydrogen-bond acceptors (Lipinski definition) is 1. The Morgan fingerprint density at radius 2 is 1.39 bits per heavy atom. The summed E-state index contributed by atoms with van der Waals surface area (Å²) in [5, 5.41) is 3.43. The maximum Gasteiger partial charge on any atom is 0.0340 e. The van der Waals surface area contributed by atoms with E-state index in [2.05, 4.69) is 67.7 Å². The molecule has 2 rings (SSSR count). The summed E-state index contributed by atoms with van der Waals surface area (Å²) in [5.74, 6) is 0. The van der Waals surface area contributed by atoms with Crippen molar-refractivity contribution in [3.05, 3.63) is 54.1 Å². The first-order valence-corrected chi connectivity index (χ1v) is 6.70. The molecule has 2 aromatic rings. The van der Waals surface area contributed by atoms with Crippen LogP contribution in [0.15, 0.2) is 48.5 Å². The molecule has 0 fully saturated rings. The second-order valence-corrected chi connectivity index (χ2v) is 4.72. The van der Waals surface area contributed by atoms with Crippen LogP contribution in [0, 0.1) is 6.92 Å². The first-order chi connectivity index (χ1) is 8.79. The summed E-state index contributed by atoms with van der Waals surface area (Å²) < 4.78 is 0. The monoisotopic (exact) mass is 239 g/mol. The van der Waals surface area contributed by atoms with Crippen molar-refractivity contribution in [3.8, 4) is 11.1 Å². The number of unbranched alkanes of at least 4 members (excludes halogenated alkanes) is 1. The van der Waals surface area contributed by atoms with Crippen LogP contribution in [-0.4, -0.2) is 6.54 Å². The number of anilines is 1. The minimum absolute atomic E-state index is 1.06. The third-order valence-corrected chi connectivity index (χ3v) is 3.13. The van der Waals surface area contributed by atoms with Gasteiger partial charge in [-0.3, -0.25) is 0 Å². The molecule has 0 aliphatic carbocycles. The number of benzene rings is 2. The van der Waals surface area contributed by atoms with Crippen LogP contribution in [0.25, 0.3) is 11.1 Å². The molecule has 0 aliphatic rings. The van der Waals surface area contributed by atoms with Crippen molar-refractivity contribution >= 4 is 5.69 Å². The maximum absolute atomic E-state index is 3.43. The van der Waals surface area contributed by atoms with Crippen molar-refractivity contribution in [3.63, 3.8) is 0 Å². The van der Waals surface area contributed by atoms with Gasteiger partial charge in [-0.25, -0.2) is 0 Å². The highest BCUT2D eigenvalue weighted by Gasteiger charge is 1.97. The molecule has 0 saturated heterocycles. The van der Waals surface area contributed by atoms with Crippen molar-refractivity contribution < 1.29 is 0 Å². The lowest BCUT2D eigenvalue weighted by atomic mass is 10.0. The molecule has 0 aromatic heterocycles. The number of rotatable bonds is 5. The molecule has 0 atom stereocenters. The zero-order valence-electron chi connectivity index (χ0n) is 11.2. The predicted molar refractivity (Wildman–Crippen MR) is 80.0 cm³/mol. The minimum Gasteiger partial charge on any atom is -0.385 e. The molecule has 2 aromatic carbocycles. The van der Waals surface area contributed by atoms with Crippen molar-refractivity contribution in [1.29, 1.82) is 0 Å². The SMILES string of the molecule is CCCCNc1ccc(-c2ccc(C)cc2)cc1. The normalized spacial score (nSPS) is 10.3. The Hall–Kier alpha value is -1.76. The number of nitrogens with one attached hydrogen (secondary N) is 1. The van der Waals surface area contributed by atoms with E-state index in [0.717, 1.165) is 6.54 Å². The molecule has 1 N–H and O–H groups in total.